The van der Waals surface area contributed by atoms with Gasteiger partial charge in [-0.2, -0.15) is 0 Å². The average Bonchev–Trinajstić information content (AvgIpc) is 1.89. The fourth-order valence-corrected chi connectivity index (χ4v) is 0. The summed E-state index contributed by atoms with van der Waals surface area (Å²) in [6.45, 7) is 7.75. The van der Waals surface area contributed by atoms with Gasteiger partial charge in [0.2, 0.25) is 0 Å². The van der Waals surface area contributed by atoms with Crippen LogP contribution in [-0.2, 0) is 16.8 Å². The molecular formula is C8H18CoO2. The fraction of sp³-hybridized carbons (Fsp3) is 1.00. The molecule has 0 aromatic rings. The Bertz CT molecular complexity index is 48.1. The zero-order valence-corrected chi connectivity index (χ0v) is 8.76. The van der Waals surface area contributed by atoms with Gasteiger partial charge in [-0.05, 0) is 0 Å². The zero-order chi connectivity index (χ0) is 8.57. The van der Waals surface area contributed by atoms with Gasteiger partial charge in [0.05, 0.1) is 0 Å². The molecule has 0 rings (SSSR count). The molecule has 71 valence electrons. The molecule has 1 radical (unpaired) electrons. The second-order valence-electron chi connectivity index (χ2n) is 3.12. The van der Waals surface area contributed by atoms with Gasteiger partial charge in [-0.1, -0.05) is 39.5 Å². The fourth-order valence-electron chi connectivity index (χ4n) is 0. The summed E-state index contributed by atoms with van der Waals surface area (Å²) in [5.74, 6) is 0.657. The van der Waals surface area contributed by atoms with E-state index < -0.39 is 0 Å². The maximum Gasteiger partial charge on any atom is 2.00 e. The minimum Gasteiger partial charge on any atom is -0.854 e. The standard InChI is InChI=1S/2C4H9O.Co/c2*1-4(2)3-5;/h2*4H,3H2,1-2H3;/q2*-1;+2. The van der Waals surface area contributed by atoms with E-state index >= 15 is 0 Å². The van der Waals surface area contributed by atoms with E-state index in [1.165, 1.54) is 0 Å². The monoisotopic (exact) mass is 205 g/mol. The maximum absolute atomic E-state index is 9.63. The Morgan fingerprint density at radius 3 is 0.909 bits per heavy atom. The van der Waals surface area contributed by atoms with Gasteiger partial charge in [0.1, 0.15) is 0 Å². The Morgan fingerprint density at radius 1 is 0.818 bits per heavy atom. The first kappa shape index (κ1) is 17.5. The molecule has 0 saturated heterocycles. The first-order valence-electron chi connectivity index (χ1n) is 3.70. The Hall–Kier alpha value is 0.426. The third-order valence-electron chi connectivity index (χ3n) is 0.667. The van der Waals surface area contributed by atoms with Crippen LogP contribution in [0.25, 0.3) is 0 Å². The average molecular weight is 205 g/mol. The van der Waals surface area contributed by atoms with Crippen LogP contribution in [0.5, 0.6) is 0 Å². The summed E-state index contributed by atoms with van der Waals surface area (Å²) in [4.78, 5) is 0. The van der Waals surface area contributed by atoms with Crippen LogP contribution in [0.1, 0.15) is 27.7 Å². The predicted molar refractivity (Wildman–Crippen MR) is 39.4 cm³/mol. The molecule has 0 N–H and O–H groups in total. The molecule has 0 spiro atoms. The Balaban J connectivity index is -0.000000107. The zero-order valence-electron chi connectivity index (χ0n) is 7.72. The van der Waals surface area contributed by atoms with E-state index in [0.717, 1.165) is 0 Å². The Labute approximate surface area is 80.2 Å². The van der Waals surface area contributed by atoms with Crippen molar-refractivity contribution in [2.24, 2.45) is 11.8 Å². The van der Waals surface area contributed by atoms with Gasteiger partial charge in [0.25, 0.3) is 0 Å². The van der Waals surface area contributed by atoms with Gasteiger partial charge in [-0.25, -0.2) is 0 Å². The molecule has 3 heteroatoms. The van der Waals surface area contributed by atoms with Crippen LogP contribution in [0.2, 0.25) is 0 Å². The molecule has 0 aliphatic heterocycles. The molecule has 0 aromatic carbocycles. The van der Waals surface area contributed by atoms with Crippen molar-refractivity contribution in [1.29, 1.82) is 0 Å². The quantitative estimate of drug-likeness (QED) is 0.637. The van der Waals surface area contributed by atoms with Crippen LogP contribution in [0, 0.1) is 11.8 Å². The van der Waals surface area contributed by atoms with E-state index in [4.69, 9.17) is 0 Å². The molecular weight excluding hydrogens is 187 g/mol. The smallest absolute Gasteiger partial charge is 0.854 e. The first-order chi connectivity index (χ1) is 4.54. The molecule has 0 bridgehead atoms. The van der Waals surface area contributed by atoms with Crippen molar-refractivity contribution in [1.82, 2.24) is 0 Å². The summed E-state index contributed by atoms with van der Waals surface area (Å²) in [7, 11) is 0. The van der Waals surface area contributed by atoms with Crippen molar-refractivity contribution >= 4 is 0 Å². The summed E-state index contributed by atoms with van der Waals surface area (Å²) in [5, 5.41) is 19.3. The second-order valence-corrected chi connectivity index (χ2v) is 3.12. The molecule has 0 aliphatic carbocycles. The molecule has 0 fully saturated rings. The molecule has 2 nitrogen and oxygen atoms in total. The van der Waals surface area contributed by atoms with E-state index in [1.54, 1.807) is 0 Å². The van der Waals surface area contributed by atoms with Crippen molar-refractivity contribution in [3.63, 3.8) is 0 Å². The summed E-state index contributed by atoms with van der Waals surface area (Å²) in [5.41, 5.74) is 0. The Kier molecular flexibility index (Phi) is 20.8. The first-order valence-corrected chi connectivity index (χ1v) is 3.70. The summed E-state index contributed by atoms with van der Waals surface area (Å²) < 4.78 is 0. The molecule has 0 atom stereocenters. The number of rotatable bonds is 2. The van der Waals surface area contributed by atoms with Gasteiger partial charge in [-0.15, -0.1) is 13.2 Å². The third-order valence-corrected chi connectivity index (χ3v) is 0.667. The Morgan fingerprint density at radius 2 is 0.909 bits per heavy atom. The van der Waals surface area contributed by atoms with Crippen LogP contribution >= 0.6 is 0 Å². The third kappa shape index (κ3) is 37.8. The summed E-state index contributed by atoms with van der Waals surface area (Å²) in [6, 6.07) is 0. The van der Waals surface area contributed by atoms with E-state index in [-0.39, 0.29) is 30.0 Å². The minimum absolute atomic E-state index is 0. The summed E-state index contributed by atoms with van der Waals surface area (Å²) >= 11 is 0. The van der Waals surface area contributed by atoms with E-state index in [9.17, 15) is 10.2 Å². The molecule has 0 saturated carbocycles. The largest absolute Gasteiger partial charge is 2.00 e. The SMILES string of the molecule is CC(C)C[O-].CC(C)C[O-].[Co+2]. The van der Waals surface area contributed by atoms with Crippen LogP contribution in [0.4, 0.5) is 0 Å². The molecule has 0 unspecified atom stereocenters. The molecule has 11 heavy (non-hydrogen) atoms. The second kappa shape index (κ2) is 13.0. The number of hydrogen-bond acceptors (Lipinski definition) is 2. The molecule has 0 aliphatic rings. The van der Waals surface area contributed by atoms with Gasteiger partial charge < -0.3 is 10.2 Å². The van der Waals surface area contributed by atoms with Crippen LogP contribution in [-0.4, -0.2) is 13.2 Å². The van der Waals surface area contributed by atoms with Crippen LogP contribution in [0.3, 0.4) is 0 Å². The normalized spacial score (nSPS) is 8.73. The van der Waals surface area contributed by atoms with E-state index in [0.29, 0.717) is 11.8 Å². The van der Waals surface area contributed by atoms with Crippen molar-refractivity contribution in [2.75, 3.05) is 13.2 Å². The van der Waals surface area contributed by atoms with Crippen molar-refractivity contribution < 1.29 is 27.0 Å². The van der Waals surface area contributed by atoms with Crippen molar-refractivity contribution in [2.45, 2.75) is 27.7 Å². The summed E-state index contributed by atoms with van der Waals surface area (Å²) in [6.07, 6.45) is 0. The predicted octanol–water partition coefficient (Wildman–Crippen LogP) is 0.00290. The molecule has 0 amide bonds. The molecule has 0 aromatic heterocycles. The van der Waals surface area contributed by atoms with Crippen LogP contribution in [0.15, 0.2) is 0 Å². The van der Waals surface area contributed by atoms with E-state index in [1.807, 2.05) is 27.7 Å². The van der Waals surface area contributed by atoms with Gasteiger partial charge in [0, 0.05) is 0 Å². The van der Waals surface area contributed by atoms with Crippen LogP contribution < -0.4 is 10.2 Å². The number of hydrogen-bond donors (Lipinski definition) is 0. The maximum atomic E-state index is 9.63. The molecule has 0 heterocycles. The van der Waals surface area contributed by atoms with E-state index in [2.05, 4.69) is 0 Å². The van der Waals surface area contributed by atoms with Crippen molar-refractivity contribution in [3.8, 4) is 0 Å². The van der Waals surface area contributed by atoms with Gasteiger partial charge in [0.15, 0.2) is 0 Å². The van der Waals surface area contributed by atoms with Gasteiger partial charge >= 0.3 is 16.8 Å². The minimum atomic E-state index is 0. The topological polar surface area (TPSA) is 46.1 Å². The van der Waals surface area contributed by atoms with Crippen molar-refractivity contribution in [3.05, 3.63) is 0 Å². The van der Waals surface area contributed by atoms with Gasteiger partial charge in [-0.3, -0.25) is 0 Å².